The number of benzene rings is 1. The van der Waals surface area contributed by atoms with Gasteiger partial charge in [0.05, 0.1) is 5.69 Å². The number of halogens is 1. The molecule has 164 valence electrons. The van der Waals surface area contributed by atoms with E-state index in [2.05, 4.69) is 43.5 Å². The van der Waals surface area contributed by atoms with E-state index in [0.717, 1.165) is 49.3 Å². The first kappa shape index (κ1) is 23.7. The van der Waals surface area contributed by atoms with E-state index in [9.17, 15) is 9.59 Å². The molecule has 3 rings (SSSR count). The molecular weight excluding hydrogens is 452 g/mol. The minimum Gasteiger partial charge on any atom is -0.431 e. The number of amides is 2. The Bertz CT molecular complexity index is 838. The highest BCUT2D eigenvalue weighted by Crippen LogP contribution is 2.26. The molecule has 2 heterocycles. The summed E-state index contributed by atoms with van der Waals surface area (Å²) >= 11 is 3.38. The van der Waals surface area contributed by atoms with E-state index in [0.29, 0.717) is 11.6 Å². The maximum atomic E-state index is 11.9. The van der Waals surface area contributed by atoms with Crippen molar-refractivity contribution in [2.75, 3.05) is 56.1 Å². The Morgan fingerprint density at radius 2 is 2.17 bits per heavy atom. The third-order valence-electron chi connectivity index (χ3n) is 4.54. The SMILES string of the molecule is CCN(C=O)CC1CN(C)C1.CCNc1ccc(Br)c(NC(=O)c2coc(N)n2)c1. The van der Waals surface area contributed by atoms with Gasteiger partial charge >= 0.3 is 0 Å². The van der Waals surface area contributed by atoms with Gasteiger partial charge in [0.25, 0.3) is 11.9 Å². The molecule has 4 N–H and O–H groups in total. The van der Waals surface area contributed by atoms with Gasteiger partial charge in [-0.15, -0.1) is 0 Å². The van der Waals surface area contributed by atoms with Gasteiger partial charge < -0.3 is 30.6 Å². The third kappa shape index (κ3) is 7.03. The number of hydrogen-bond acceptors (Lipinski definition) is 7. The molecule has 10 heteroatoms. The Labute approximate surface area is 185 Å². The van der Waals surface area contributed by atoms with Gasteiger partial charge in [-0.2, -0.15) is 4.98 Å². The molecule has 0 spiro atoms. The molecule has 9 nitrogen and oxygen atoms in total. The molecule has 30 heavy (non-hydrogen) atoms. The summed E-state index contributed by atoms with van der Waals surface area (Å²) in [6.45, 7) is 8.87. The van der Waals surface area contributed by atoms with Crippen molar-refractivity contribution >= 4 is 45.6 Å². The molecule has 0 unspecified atom stereocenters. The summed E-state index contributed by atoms with van der Waals surface area (Å²) in [5.74, 6) is 0.333. The topological polar surface area (TPSA) is 117 Å². The van der Waals surface area contributed by atoms with Crippen LogP contribution in [0.4, 0.5) is 17.4 Å². The summed E-state index contributed by atoms with van der Waals surface area (Å²) in [5.41, 5.74) is 7.02. The molecule has 1 fully saturated rings. The molecule has 1 aliphatic heterocycles. The predicted octanol–water partition coefficient (Wildman–Crippen LogP) is 2.73. The van der Waals surface area contributed by atoms with E-state index < -0.39 is 0 Å². The standard InChI is InChI=1S/C12H13BrN4O2.C8H16N2O/c1-2-15-7-3-4-8(13)9(5-7)16-11(18)10-6-19-12(14)17-10;1-3-10(7-11)6-8-4-9(2)5-8/h3-6,15H,2H2,1H3,(H2,14,17)(H,16,18);7-8H,3-6H2,1-2H3. The lowest BCUT2D eigenvalue weighted by Crippen LogP contribution is -2.49. The molecule has 0 saturated carbocycles. The lowest BCUT2D eigenvalue weighted by atomic mass is 10.0. The van der Waals surface area contributed by atoms with Gasteiger partial charge in [-0.25, -0.2) is 0 Å². The number of carbonyl (C=O) groups excluding carboxylic acids is 2. The van der Waals surface area contributed by atoms with E-state index >= 15 is 0 Å². The Morgan fingerprint density at radius 1 is 1.43 bits per heavy atom. The smallest absolute Gasteiger partial charge is 0.292 e. The fraction of sp³-hybridized carbons (Fsp3) is 0.450. The van der Waals surface area contributed by atoms with Crippen LogP contribution >= 0.6 is 15.9 Å². The average Bonchev–Trinajstić information content (AvgIpc) is 3.14. The van der Waals surface area contributed by atoms with Crippen LogP contribution < -0.4 is 16.4 Å². The van der Waals surface area contributed by atoms with Crippen molar-refractivity contribution in [3.05, 3.63) is 34.6 Å². The van der Waals surface area contributed by atoms with Crippen molar-refractivity contribution < 1.29 is 14.0 Å². The van der Waals surface area contributed by atoms with Crippen LogP contribution in [0.3, 0.4) is 0 Å². The summed E-state index contributed by atoms with van der Waals surface area (Å²) in [6.07, 6.45) is 2.16. The van der Waals surface area contributed by atoms with Crippen LogP contribution in [0.2, 0.25) is 0 Å². The first-order chi connectivity index (χ1) is 14.4. The molecule has 2 amide bonds. The number of rotatable bonds is 8. The highest BCUT2D eigenvalue weighted by Gasteiger charge is 2.24. The van der Waals surface area contributed by atoms with E-state index in [4.69, 9.17) is 10.2 Å². The van der Waals surface area contributed by atoms with Crippen LogP contribution in [0.25, 0.3) is 0 Å². The second kappa shape index (κ2) is 11.6. The minimum absolute atomic E-state index is 0.0365. The summed E-state index contributed by atoms with van der Waals surface area (Å²) in [5, 5.41) is 5.90. The third-order valence-corrected chi connectivity index (χ3v) is 5.23. The van der Waals surface area contributed by atoms with E-state index in [-0.39, 0.29) is 17.6 Å². The predicted molar refractivity (Wildman–Crippen MR) is 121 cm³/mol. The average molecular weight is 481 g/mol. The van der Waals surface area contributed by atoms with Crippen LogP contribution in [0.1, 0.15) is 24.3 Å². The van der Waals surface area contributed by atoms with Crippen LogP contribution in [0, 0.1) is 5.92 Å². The maximum absolute atomic E-state index is 11.9. The zero-order chi connectivity index (χ0) is 22.1. The first-order valence-electron chi connectivity index (χ1n) is 9.79. The van der Waals surface area contributed by atoms with Gasteiger partial charge in [0.1, 0.15) is 6.26 Å². The summed E-state index contributed by atoms with van der Waals surface area (Å²) in [4.78, 5) is 30.2. The Kier molecular flexibility index (Phi) is 9.13. The number of anilines is 3. The van der Waals surface area contributed by atoms with E-state index in [1.54, 1.807) is 0 Å². The molecule has 0 aliphatic carbocycles. The molecular formula is C20H29BrN6O3. The summed E-state index contributed by atoms with van der Waals surface area (Å²) in [7, 11) is 2.10. The number of nitrogens with zero attached hydrogens (tertiary/aromatic N) is 3. The number of nitrogens with one attached hydrogen (secondary N) is 2. The molecule has 1 aromatic carbocycles. The first-order valence-corrected chi connectivity index (χ1v) is 10.6. The molecule has 1 aromatic heterocycles. The number of carbonyl (C=O) groups is 2. The van der Waals surface area contributed by atoms with Crippen molar-refractivity contribution in [3.63, 3.8) is 0 Å². The van der Waals surface area contributed by atoms with Crippen molar-refractivity contribution in [2.45, 2.75) is 13.8 Å². The zero-order valence-electron chi connectivity index (χ0n) is 17.5. The number of aromatic nitrogens is 1. The van der Waals surface area contributed by atoms with Crippen LogP contribution in [-0.2, 0) is 4.79 Å². The Balaban J connectivity index is 0.000000248. The van der Waals surface area contributed by atoms with Crippen LogP contribution in [-0.4, -0.2) is 66.9 Å². The summed E-state index contributed by atoms with van der Waals surface area (Å²) < 4.78 is 5.57. The number of oxazole rings is 1. The van der Waals surface area contributed by atoms with Crippen LogP contribution in [0.15, 0.2) is 33.4 Å². The fourth-order valence-corrected chi connectivity index (χ4v) is 3.38. The number of nitrogens with two attached hydrogens (primary N) is 1. The zero-order valence-corrected chi connectivity index (χ0v) is 19.1. The lowest BCUT2D eigenvalue weighted by molar-refractivity contribution is -0.119. The van der Waals surface area contributed by atoms with Gasteiger partial charge in [0.2, 0.25) is 6.41 Å². The van der Waals surface area contributed by atoms with E-state index in [1.807, 2.05) is 36.9 Å². The van der Waals surface area contributed by atoms with Gasteiger partial charge in [0, 0.05) is 48.8 Å². The lowest BCUT2D eigenvalue weighted by Gasteiger charge is -2.38. The number of likely N-dealkylation sites (tertiary alicyclic amines) is 1. The van der Waals surface area contributed by atoms with Crippen molar-refractivity contribution in [3.8, 4) is 0 Å². The van der Waals surface area contributed by atoms with Crippen molar-refractivity contribution in [1.82, 2.24) is 14.8 Å². The van der Waals surface area contributed by atoms with E-state index in [1.165, 1.54) is 6.26 Å². The highest BCUT2D eigenvalue weighted by atomic mass is 79.9. The largest absolute Gasteiger partial charge is 0.431 e. The second-order valence-corrected chi connectivity index (χ2v) is 7.88. The summed E-state index contributed by atoms with van der Waals surface area (Å²) in [6, 6.07) is 5.56. The van der Waals surface area contributed by atoms with Gasteiger partial charge in [0.15, 0.2) is 5.69 Å². The molecule has 0 atom stereocenters. The molecule has 0 radical (unpaired) electrons. The monoisotopic (exact) mass is 480 g/mol. The molecule has 1 aliphatic rings. The van der Waals surface area contributed by atoms with Crippen molar-refractivity contribution in [1.29, 1.82) is 0 Å². The number of hydrogen-bond donors (Lipinski definition) is 3. The highest BCUT2D eigenvalue weighted by molar-refractivity contribution is 9.10. The Morgan fingerprint density at radius 3 is 2.70 bits per heavy atom. The molecule has 1 saturated heterocycles. The maximum Gasteiger partial charge on any atom is 0.292 e. The van der Waals surface area contributed by atoms with Gasteiger partial charge in [-0.3, -0.25) is 9.59 Å². The second-order valence-electron chi connectivity index (χ2n) is 7.03. The Hall–Kier alpha value is -2.59. The van der Waals surface area contributed by atoms with Gasteiger partial charge in [-0.1, -0.05) is 0 Å². The molecule has 2 aromatic rings. The quantitative estimate of drug-likeness (QED) is 0.497. The van der Waals surface area contributed by atoms with Crippen molar-refractivity contribution in [2.24, 2.45) is 5.92 Å². The minimum atomic E-state index is -0.380. The van der Waals surface area contributed by atoms with Gasteiger partial charge in [-0.05, 0) is 55.0 Å². The molecule has 0 bridgehead atoms. The normalized spacial score (nSPS) is 13.6. The number of nitrogen functional groups attached to an aromatic ring is 1. The van der Waals surface area contributed by atoms with Crippen LogP contribution in [0.5, 0.6) is 0 Å². The fourth-order valence-electron chi connectivity index (χ4n) is 3.04.